The molecule has 2 aliphatic heterocycles. The molecule has 1 unspecified atom stereocenters. The minimum atomic E-state index is -1.23. The lowest BCUT2D eigenvalue weighted by molar-refractivity contribution is -0.139. The second-order valence-corrected chi connectivity index (χ2v) is 10.4. The Kier molecular flexibility index (Phi) is 7.86. The van der Waals surface area contributed by atoms with E-state index in [1.807, 2.05) is 4.90 Å². The number of aromatic nitrogens is 2. The minimum absolute atomic E-state index is 0.0881. The number of allylic oxidation sites excluding steroid dienone is 1. The molecule has 1 atom stereocenters. The summed E-state index contributed by atoms with van der Waals surface area (Å²) in [5.74, 6) is -4.26. The van der Waals surface area contributed by atoms with Crippen molar-refractivity contribution in [3.05, 3.63) is 73.7 Å². The number of ether oxygens (including phenoxy) is 1. The van der Waals surface area contributed by atoms with Crippen molar-refractivity contribution < 1.29 is 32.6 Å². The van der Waals surface area contributed by atoms with Gasteiger partial charge in [-0.15, -0.1) is 11.3 Å². The number of anilines is 1. The number of aromatic carboxylic acids is 1. The van der Waals surface area contributed by atoms with E-state index >= 15 is 0 Å². The maximum absolute atomic E-state index is 14.6. The van der Waals surface area contributed by atoms with Gasteiger partial charge in [0.15, 0.2) is 22.5 Å². The Bertz CT molecular complexity index is 1520. The first-order valence-electron chi connectivity index (χ1n) is 12.4. The molecular formula is C26H24ClF2N5O5S. The number of carbonyl (C=O) groups is 2. The Morgan fingerprint density at radius 2 is 2.05 bits per heavy atom. The highest BCUT2D eigenvalue weighted by Crippen LogP contribution is 2.41. The molecule has 2 N–H and O–H groups in total. The third kappa shape index (κ3) is 5.18. The van der Waals surface area contributed by atoms with Gasteiger partial charge in [-0.25, -0.2) is 23.4 Å². The van der Waals surface area contributed by atoms with E-state index < -0.39 is 34.6 Å². The molecule has 0 radical (unpaired) electrons. The molecule has 0 bridgehead atoms. The van der Waals surface area contributed by atoms with E-state index in [0.29, 0.717) is 42.5 Å². The first-order chi connectivity index (χ1) is 19.2. The third-order valence-corrected chi connectivity index (χ3v) is 7.88. The fourth-order valence-corrected chi connectivity index (χ4v) is 5.67. The molecule has 4 heterocycles. The van der Waals surface area contributed by atoms with Gasteiger partial charge in [0.2, 0.25) is 5.76 Å². The number of carboxylic acids is 1. The van der Waals surface area contributed by atoms with Gasteiger partial charge in [0, 0.05) is 41.8 Å². The lowest BCUT2D eigenvalue weighted by Crippen LogP contribution is -2.41. The second kappa shape index (κ2) is 11.3. The van der Waals surface area contributed by atoms with Crippen molar-refractivity contribution >= 4 is 46.7 Å². The quantitative estimate of drug-likeness (QED) is 0.291. The largest absolute Gasteiger partial charge is 0.475 e. The van der Waals surface area contributed by atoms with Crippen molar-refractivity contribution in [2.45, 2.75) is 32.7 Å². The SMILES string of the molecule is CCOC(=O)C1=C(C2CCN(c3nc(C)c(C(=O)O)o3)CC2)NC(c2nccs2)=NC1c1ccc(F)c(F)c1Cl. The number of hydrogen-bond acceptors (Lipinski definition) is 10. The van der Waals surface area contributed by atoms with Crippen LogP contribution in [0.3, 0.4) is 0 Å². The molecule has 2 aromatic heterocycles. The number of rotatable bonds is 7. The van der Waals surface area contributed by atoms with Crippen LogP contribution in [0, 0.1) is 24.5 Å². The maximum Gasteiger partial charge on any atom is 0.373 e. The van der Waals surface area contributed by atoms with Gasteiger partial charge < -0.3 is 24.5 Å². The average Bonchev–Trinajstić information content (AvgIpc) is 3.62. The lowest BCUT2D eigenvalue weighted by Gasteiger charge is -2.36. The summed E-state index contributed by atoms with van der Waals surface area (Å²) in [5, 5.41) is 14.4. The fraction of sp³-hybridized carbons (Fsp3) is 0.346. The molecule has 2 aliphatic rings. The zero-order valence-electron chi connectivity index (χ0n) is 21.4. The number of nitrogens with zero attached hydrogens (tertiary/aromatic N) is 4. The molecule has 1 saturated heterocycles. The predicted molar refractivity (Wildman–Crippen MR) is 143 cm³/mol. The number of aryl methyl sites for hydroxylation is 1. The number of piperidine rings is 1. The molecule has 0 amide bonds. The van der Waals surface area contributed by atoms with Crippen LogP contribution in [0.2, 0.25) is 5.02 Å². The Morgan fingerprint density at radius 1 is 1.30 bits per heavy atom. The predicted octanol–water partition coefficient (Wildman–Crippen LogP) is 4.89. The molecule has 10 nitrogen and oxygen atoms in total. The fourth-order valence-electron chi connectivity index (χ4n) is 4.82. The number of hydrogen-bond donors (Lipinski definition) is 2. The van der Waals surface area contributed by atoms with Gasteiger partial charge in [0.05, 0.1) is 22.9 Å². The molecule has 5 rings (SSSR count). The van der Waals surface area contributed by atoms with Crippen LogP contribution in [0.5, 0.6) is 0 Å². The highest BCUT2D eigenvalue weighted by Gasteiger charge is 2.38. The molecular weight excluding hydrogens is 568 g/mol. The molecule has 0 saturated carbocycles. The highest BCUT2D eigenvalue weighted by molar-refractivity contribution is 7.11. The summed E-state index contributed by atoms with van der Waals surface area (Å²) in [7, 11) is 0. The molecule has 40 heavy (non-hydrogen) atoms. The van der Waals surface area contributed by atoms with Crippen LogP contribution in [-0.2, 0) is 9.53 Å². The van der Waals surface area contributed by atoms with E-state index in [9.17, 15) is 23.5 Å². The maximum atomic E-state index is 14.6. The molecule has 0 aliphatic carbocycles. The summed E-state index contributed by atoms with van der Waals surface area (Å²) >= 11 is 7.57. The van der Waals surface area contributed by atoms with Crippen LogP contribution in [0.4, 0.5) is 14.8 Å². The van der Waals surface area contributed by atoms with Gasteiger partial charge in [-0.05, 0) is 32.8 Å². The summed E-state index contributed by atoms with van der Waals surface area (Å²) in [6.45, 7) is 4.22. The van der Waals surface area contributed by atoms with Gasteiger partial charge in [0.1, 0.15) is 6.04 Å². The van der Waals surface area contributed by atoms with Crippen molar-refractivity contribution in [2.24, 2.45) is 10.9 Å². The normalized spacial score (nSPS) is 18.0. The van der Waals surface area contributed by atoms with Crippen molar-refractivity contribution in [3.8, 4) is 0 Å². The number of esters is 1. The molecule has 210 valence electrons. The summed E-state index contributed by atoms with van der Waals surface area (Å²) in [5.41, 5.74) is 1.07. The van der Waals surface area contributed by atoms with E-state index in [4.69, 9.17) is 20.8 Å². The van der Waals surface area contributed by atoms with Crippen molar-refractivity contribution in [3.63, 3.8) is 0 Å². The van der Waals surface area contributed by atoms with Crippen LogP contribution in [0.15, 0.2) is 44.4 Å². The summed E-state index contributed by atoms with van der Waals surface area (Å²) in [6.07, 6.45) is 2.66. The Labute approximate surface area is 236 Å². The molecule has 14 heteroatoms. The molecule has 3 aromatic rings. The molecule has 1 aromatic carbocycles. The number of nitrogens with one attached hydrogen (secondary N) is 1. The number of carboxylic acid groups (broad SMARTS) is 1. The van der Waals surface area contributed by atoms with Crippen LogP contribution in [0.25, 0.3) is 0 Å². The Morgan fingerprint density at radius 3 is 2.67 bits per heavy atom. The van der Waals surface area contributed by atoms with Crippen LogP contribution < -0.4 is 10.2 Å². The van der Waals surface area contributed by atoms with E-state index in [2.05, 4.69) is 20.3 Å². The minimum Gasteiger partial charge on any atom is -0.475 e. The van der Waals surface area contributed by atoms with Crippen LogP contribution in [0.1, 0.15) is 52.6 Å². The van der Waals surface area contributed by atoms with Crippen LogP contribution >= 0.6 is 22.9 Å². The first-order valence-corrected chi connectivity index (χ1v) is 13.7. The van der Waals surface area contributed by atoms with E-state index in [-0.39, 0.29) is 41.1 Å². The van der Waals surface area contributed by atoms with E-state index in [1.165, 1.54) is 17.4 Å². The second-order valence-electron chi connectivity index (χ2n) is 9.13. The number of oxazole rings is 1. The zero-order chi connectivity index (χ0) is 28.6. The van der Waals surface area contributed by atoms with Crippen molar-refractivity contribution in [1.82, 2.24) is 15.3 Å². The van der Waals surface area contributed by atoms with E-state index in [0.717, 1.165) is 6.07 Å². The smallest absolute Gasteiger partial charge is 0.373 e. The number of aliphatic imine (C=N–C) groups is 1. The topological polar surface area (TPSA) is 130 Å². The first kappa shape index (κ1) is 27.7. The Balaban J connectivity index is 1.54. The molecule has 1 fully saturated rings. The van der Waals surface area contributed by atoms with Gasteiger partial charge in [-0.3, -0.25) is 4.99 Å². The number of amidine groups is 1. The summed E-state index contributed by atoms with van der Waals surface area (Å²) < 4.78 is 39.4. The monoisotopic (exact) mass is 591 g/mol. The lowest BCUT2D eigenvalue weighted by atomic mass is 9.85. The van der Waals surface area contributed by atoms with Gasteiger partial charge >= 0.3 is 11.9 Å². The average molecular weight is 592 g/mol. The van der Waals surface area contributed by atoms with Crippen LogP contribution in [-0.4, -0.2) is 52.5 Å². The number of thiazole rings is 1. The standard InChI is InChI=1S/C26H24ClF2N5O5S/c1-3-38-25(37)16-19(13-6-9-34(10-7-13)26-31-12(2)21(39-26)24(35)36)32-22(23-30-8-11-40-23)33-20(16)14-4-5-15(28)18(29)17(14)27/h4-5,8,11,13,20H,3,6-7,9-10H2,1-2H3,(H,32,33)(H,35,36). The number of benzene rings is 1. The van der Waals surface area contributed by atoms with Gasteiger partial charge in [-0.1, -0.05) is 17.7 Å². The summed E-state index contributed by atoms with van der Waals surface area (Å²) in [6, 6.07) is 1.38. The third-order valence-electron chi connectivity index (χ3n) is 6.72. The van der Waals surface area contributed by atoms with Gasteiger partial charge in [0.25, 0.3) is 6.01 Å². The Hall–Kier alpha value is -3.84. The highest BCUT2D eigenvalue weighted by atomic mass is 35.5. The van der Waals surface area contributed by atoms with Gasteiger partial charge in [-0.2, -0.15) is 4.98 Å². The number of carbonyl (C=O) groups excluding carboxylic acids is 1. The van der Waals surface area contributed by atoms with Crippen molar-refractivity contribution in [1.29, 1.82) is 0 Å². The van der Waals surface area contributed by atoms with E-state index in [1.54, 1.807) is 25.4 Å². The molecule has 0 spiro atoms. The van der Waals surface area contributed by atoms with Crippen molar-refractivity contribution in [2.75, 3.05) is 24.6 Å². The summed E-state index contributed by atoms with van der Waals surface area (Å²) in [4.78, 5) is 39.9. The zero-order valence-corrected chi connectivity index (χ0v) is 23.0. The number of halogens is 3.